The second-order valence-corrected chi connectivity index (χ2v) is 3.99. The summed E-state index contributed by atoms with van der Waals surface area (Å²) in [6.45, 7) is 3.39. The van der Waals surface area contributed by atoms with Crippen molar-refractivity contribution in [3.05, 3.63) is 17.7 Å². The van der Waals surface area contributed by atoms with Gasteiger partial charge >= 0.3 is 5.97 Å². The van der Waals surface area contributed by atoms with Crippen molar-refractivity contribution in [2.45, 2.75) is 32.9 Å². The van der Waals surface area contributed by atoms with Crippen LogP contribution in [0.1, 0.15) is 24.9 Å². The zero-order chi connectivity index (χ0) is 11.5. The van der Waals surface area contributed by atoms with Gasteiger partial charge in [0.1, 0.15) is 5.82 Å². The minimum atomic E-state index is -0.101. The number of esters is 1. The van der Waals surface area contributed by atoms with E-state index in [-0.39, 0.29) is 11.9 Å². The normalized spacial score (nSPS) is 19.2. The molecule has 1 aliphatic heterocycles. The van der Waals surface area contributed by atoms with Crippen LogP contribution in [0.15, 0.2) is 6.20 Å². The first-order valence-electron chi connectivity index (χ1n) is 5.66. The van der Waals surface area contributed by atoms with Gasteiger partial charge < -0.3 is 15.0 Å². The fourth-order valence-corrected chi connectivity index (χ4v) is 2.05. The maximum atomic E-state index is 11.6. The third-order valence-corrected chi connectivity index (χ3v) is 2.87. The maximum Gasteiger partial charge on any atom is 0.310 e. The van der Waals surface area contributed by atoms with E-state index < -0.39 is 0 Å². The number of nitrogens with zero attached hydrogens (tertiary/aromatic N) is 2. The number of ether oxygens (including phenoxy) is 1. The number of aryl methyl sites for hydroxylation is 1. The fraction of sp³-hybridized carbons (Fsp3) is 0.636. The van der Waals surface area contributed by atoms with Crippen molar-refractivity contribution in [3.63, 3.8) is 0 Å². The van der Waals surface area contributed by atoms with Gasteiger partial charge in [-0.25, -0.2) is 4.98 Å². The highest BCUT2D eigenvalue weighted by Crippen LogP contribution is 2.21. The Morgan fingerprint density at radius 3 is 3.25 bits per heavy atom. The molecule has 1 unspecified atom stereocenters. The van der Waals surface area contributed by atoms with E-state index in [0.29, 0.717) is 19.7 Å². The Balaban J connectivity index is 2.08. The second-order valence-electron chi connectivity index (χ2n) is 3.99. The van der Waals surface area contributed by atoms with Crippen LogP contribution in [0, 0.1) is 5.92 Å². The minimum absolute atomic E-state index is 0.0349. The van der Waals surface area contributed by atoms with E-state index in [4.69, 9.17) is 10.5 Å². The van der Waals surface area contributed by atoms with E-state index >= 15 is 0 Å². The lowest BCUT2D eigenvalue weighted by molar-refractivity contribution is -0.149. The lowest BCUT2D eigenvalue weighted by atomic mass is 10.00. The molecule has 88 valence electrons. The first kappa shape index (κ1) is 11.1. The van der Waals surface area contributed by atoms with Crippen molar-refractivity contribution >= 4 is 5.97 Å². The summed E-state index contributed by atoms with van der Waals surface area (Å²) in [6.07, 6.45) is 3.57. The topological polar surface area (TPSA) is 70.1 Å². The summed E-state index contributed by atoms with van der Waals surface area (Å²) in [5, 5.41) is 0. The van der Waals surface area contributed by atoms with E-state index in [1.54, 1.807) is 0 Å². The molecule has 2 N–H and O–H groups in total. The smallest absolute Gasteiger partial charge is 0.310 e. The van der Waals surface area contributed by atoms with Crippen LogP contribution in [-0.2, 0) is 29.0 Å². The van der Waals surface area contributed by atoms with Gasteiger partial charge in [-0.3, -0.25) is 4.79 Å². The summed E-state index contributed by atoms with van der Waals surface area (Å²) >= 11 is 0. The molecule has 0 saturated carbocycles. The number of carbonyl (C=O) groups excluding carboxylic acids is 1. The number of hydrogen-bond acceptors (Lipinski definition) is 4. The maximum absolute atomic E-state index is 11.6. The van der Waals surface area contributed by atoms with Gasteiger partial charge in [0.25, 0.3) is 0 Å². The molecule has 0 spiro atoms. The fourth-order valence-electron chi connectivity index (χ4n) is 2.05. The number of imidazole rings is 1. The number of hydrogen-bond donors (Lipinski definition) is 1. The van der Waals surface area contributed by atoms with Crippen molar-refractivity contribution in [3.8, 4) is 0 Å². The number of rotatable bonds is 3. The van der Waals surface area contributed by atoms with Crippen LogP contribution in [0.25, 0.3) is 0 Å². The van der Waals surface area contributed by atoms with Crippen LogP contribution < -0.4 is 5.73 Å². The SMILES string of the molecule is CCOC(=O)C1CCc2nc(CN)cn2C1. The van der Waals surface area contributed by atoms with Crippen LogP contribution in [-0.4, -0.2) is 22.1 Å². The minimum Gasteiger partial charge on any atom is -0.466 e. The molecule has 0 bridgehead atoms. The van der Waals surface area contributed by atoms with Gasteiger partial charge in [0.05, 0.1) is 18.2 Å². The molecule has 0 saturated heterocycles. The second kappa shape index (κ2) is 4.65. The third-order valence-electron chi connectivity index (χ3n) is 2.87. The Morgan fingerprint density at radius 1 is 1.75 bits per heavy atom. The Hall–Kier alpha value is -1.36. The zero-order valence-electron chi connectivity index (χ0n) is 9.48. The monoisotopic (exact) mass is 223 g/mol. The van der Waals surface area contributed by atoms with Gasteiger partial charge in [-0.1, -0.05) is 0 Å². The van der Waals surface area contributed by atoms with Crippen LogP contribution in [0.3, 0.4) is 0 Å². The van der Waals surface area contributed by atoms with Crippen LogP contribution in [0.4, 0.5) is 0 Å². The van der Waals surface area contributed by atoms with E-state index in [1.165, 1.54) is 0 Å². The van der Waals surface area contributed by atoms with E-state index in [9.17, 15) is 4.79 Å². The molecule has 5 heteroatoms. The predicted molar refractivity (Wildman–Crippen MR) is 58.6 cm³/mol. The molecule has 1 aliphatic rings. The van der Waals surface area contributed by atoms with Crippen LogP contribution >= 0.6 is 0 Å². The van der Waals surface area contributed by atoms with Crippen molar-refractivity contribution < 1.29 is 9.53 Å². The Kier molecular flexibility index (Phi) is 3.24. The van der Waals surface area contributed by atoms with Crippen LogP contribution in [0.5, 0.6) is 0 Å². The van der Waals surface area contributed by atoms with Gasteiger partial charge in [0.15, 0.2) is 0 Å². The average Bonchev–Trinajstić information content (AvgIpc) is 2.70. The van der Waals surface area contributed by atoms with Crippen LogP contribution in [0.2, 0.25) is 0 Å². The molecular weight excluding hydrogens is 206 g/mol. The number of fused-ring (bicyclic) bond motifs is 1. The van der Waals surface area contributed by atoms with Gasteiger partial charge in [-0.2, -0.15) is 0 Å². The molecule has 16 heavy (non-hydrogen) atoms. The highest BCUT2D eigenvalue weighted by molar-refractivity contribution is 5.72. The van der Waals surface area contributed by atoms with E-state index in [0.717, 1.165) is 24.4 Å². The number of nitrogens with two attached hydrogens (primary N) is 1. The lowest BCUT2D eigenvalue weighted by Gasteiger charge is -2.21. The highest BCUT2D eigenvalue weighted by atomic mass is 16.5. The van der Waals surface area contributed by atoms with Gasteiger partial charge in [0.2, 0.25) is 0 Å². The molecule has 1 aromatic heterocycles. The standard InChI is InChI=1S/C11H17N3O2/c1-2-16-11(15)8-3-4-10-13-9(5-12)7-14(10)6-8/h7-8H,2-6,12H2,1H3. The van der Waals surface area contributed by atoms with E-state index in [2.05, 4.69) is 4.98 Å². The molecule has 1 atom stereocenters. The molecule has 2 rings (SSSR count). The Morgan fingerprint density at radius 2 is 2.56 bits per heavy atom. The average molecular weight is 223 g/mol. The summed E-state index contributed by atoms with van der Waals surface area (Å²) in [4.78, 5) is 16.0. The zero-order valence-corrected chi connectivity index (χ0v) is 9.48. The van der Waals surface area contributed by atoms with Gasteiger partial charge in [0, 0.05) is 25.7 Å². The van der Waals surface area contributed by atoms with Crippen molar-refractivity contribution in [2.75, 3.05) is 6.61 Å². The number of carbonyl (C=O) groups is 1. The van der Waals surface area contributed by atoms with Gasteiger partial charge in [-0.15, -0.1) is 0 Å². The summed E-state index contributed by atoms with van der Waals surface area (Å²) in [5.41, 5.74) is 6.42. The molecule has 5 nitrogen and oxygen atoms in total. The Bertz CT molecular complexity index is 387. The summed E-state index contributed by atoms with van der Waals surface area (Å²) in [6, 6.07) is 0. The van der Waals surface area contributed by atoms with Crippen molar-refractivity contribution in [1.82, 2.24) is 9.55 Å². The van der Waals surface area contributed by atoms with E-state index in [1.807, 2.05) is 17.7 Å². The molecule has 0 aromatic carbocycles. The first-order valence-corrected chi connectivity index (χ1v) is 5.66. The molecule has 0 amide bonds. The molecule has 0 aliphatic carbocycles. The molecule has 2 heterocycles. The van der Waals surface area contributed by atoms with Crippen molar-refractivity contribution in [2.24, 2.45) is 11.7 Å². The highest BCUT2D eigenvalue weighted by Gasteiger charge is 2.26. The first-order chi connectivity index (χ1) is 7.74. The summed E-state index contributed by atoms with van der Waals surface area (Å²) in [5.74, 6) is 0.893. The lowest BCUT2D eigenvalue weighted by Crippen LogP contribution is -2.28. The van der Waals surface area contributed by atoms with Gasteiger partial charge in [-0.05, 0) is 13.3 Å². The number of aromatic nitrogens is 2. The summed E-state index contributed by atoms with van der Waals surface area (Å²) in [7, 11) is 0. The predicted octanol–water partition coefficient (Wildman–Crippen LogP) is 0.467. The quantitative estimate of drug-likeness (QED) is 0.756. The molecule has 0 fully saturated rings. The molecule has 1 aromatic rings. The van der Waals surface area contributed by atoms with Crippen molar-refractivity contribution in [1.29, 1.82) is 0 Å². The largest absolute Gasteiger partial charge is 0.466 e. The summed E-state index contributed by atoms with van der Waals surface area (Å²) < 4.78 is 7.05. The third kappa shape index (κ3) is 2.09. The Labute approximate surface area is 94.6 Å². The molecule has 0 radical (unpaired) electrons. The molecular formula is C11H17N3O2.